The number of hydrogen-bond donors (Lipinski definition) is 2. The predicted octanol–water partition coefficient (Wildman–Crippen LogP) is 3.24. The second-order valence-electron chi connectivity index (χ2n) is 3.38. The van der Waals surface area contributed by atoms with E-state index in [1.54, 1.807) is 6.20 Å². The van der Waals surface area contributed by atoms with Gasteiger partial charge in [-0.2, -0.15) is 5.10 Å². The van der Waals surface area contributed by atoms with Gasteiger partial charge in [-0.05, 0) is 37.3 Å². The molecule has 0 aliphatic carbocycles. The van der Waals surface area contributed by atoms with Gasteiger partial charge in [0.05, 0.1) is 11.7 Å². The average molecular weight is 222 g/mol. The summed E-state index contributed by atoms with van der Waals surface area (Å²) in [6.45, 7) is 2.07. The minimum absolute atomic E-state index is 0.202. The summed E-state index contributed by atoms with van der Waals surface area (Å²) >= 11 is 5.80. The van der Waals surface area contributed by atoms with Crippen LogP contribution in [0.4, 0.5) is 5.69 Å². The van der Waals surface area contributed by atoms with Crippen LogP contribution in [0.5, 0.6) is 0 Å². The van der Waals surface area contributed by atoms with Gasteiger partial charge in [0.1, 0.15) is 0 Å². The van der Waals surface area contributed by atoms with Crippen LogP contribution in [-0.2, 0) is 0 Å². The van der Waals surface area contributed by atoms with E-state index >= 15 is 0 Å². The molecule has 1 atom stereocenters. The fraction of sp³-hybridized carbons (Fsp3) is 0.182. The van der Waals surface area contributed by atoms with Gasteiger partial charge in [0.25, 0.3) is 0 Å². The van der Waals surface area contributed by atoms with Crippen LogP contribution in [0.3, 0.4) is 0 Å². The van der Waals surface area contributed by atoms with Crippen molar-refractivity contribution in [3.8, 4) is 0 Å². The van der Waals surface area contributed by atoms with E-state index in [9.17, 15) is 0 Å². The molecule has 2 N–H and O–H groups in total. The standard InChI is InChI=1S/C11H12ClN3/c1-8(11-6-7-13-15-11)14-10-4-2-9(12)3-5-10/h2-8,14H,1H3,(H,13,15). The Kier molecular flexibility index (Phi) is 2.92. The van der Waals surface area contributed by atoms with Crippen LogP contribution in [-0.4, -0.2) is 10.2 Å². The second kappa shape index (κ2) is 4.36. The highest BCUT2D eigenvalue weighted by Gasteiger charge is 2.05. The molecule has 2 rings (SSSR count). The smallest absolute Gasteiger partial charge is 0.0651 e. The van der Waals surface area contributed by atoms with Gasteiger partial charge >= 0.3 is 0 Å². The van der Waals surface area contributed by atoms with Gasteiger partial charge in [0, 0.05) is 16.9 Å². The molecule has 3 nitrogen and oxygen atoms in total. The molecule has 0 aliphatic rings. The molecule has 0 fully saturated rings. The van der Waals surface area contributed by atoms with Crippen LogP contribution in [0, 0.1) is 0 Å². The monoisotopic (exact) mass is 221 g/mol. The molecule has 1 unspecified atom stereocenters. The van der Waals surface area contributed by atoms with Crippen LogP contribution in [0.1, 0.15) is 18.7 Å². The maximum Gasteiger partial charge on any atom is 0.0651 e. The summed E-state index contributed by atoms with van der Waals surface area (Å²) in [5.74, 6) is 0. The third-order valence-corrected chi connectivity index (χ3v) is 2.47. The van der Waals surface area contributed by atoms with E-state index in [0.717, 1.165) is 16.4 Å². The van der Waals surface area contributed by atoms with E-state index in [1.165, 1.54) is 0 Å². The van der Waals surface area contributed by atoms with Crippen molar-refractivity contribution in [1.29, 1.82) is 0 Å². The number of benzene rings is 1. The maximum atomic E-state index is 5.80. The quantitative estimate of drug-likeness (QED) is 0.836. The van der Waals surface area contributed by atoms with Crippen molar-refractivity contribution in [3.05, 3.63) is 47.2 Å². The van der Waals surface area contributed by atoms with Crippen LogP contribution in [0.15, 0.2) is 36.5 Å². The number of halogens is 1. The molecule has 0 aliphatic heterocycles. The summed E-state index contributed by atoms with van der Waals surface area (Å²) in [6, 6.07) is 9.79. The Bertz CT molecular complexity index is 408. The van der Waals surface area contributed by atoms with Crippen molar-refractivity contribution < 1.29 is 0 Å². The minimum atomic E-state index is 0.202. The minimum Gasteiger partial charge on any atom is -0.377 e. The van der Waals surface area contributed by atoms with Crippen LogP contribution < -0.4 is 5.32 Å². The van der Waals surface area contributed by atoms with E-state index in [0.29, 0.717) is 0 Å². The van der Waals surface area contributed by atoms with E-state index in [-0.39, 0.29) is 6.04 Å². The number of rotatable bonds is 3. The molecule has 0 saturated heterocycles. The van der Waals surface area contributed by atoms with E-state index in [2.05, 4.69) is 22.4 Å². The van der Waals surface area contributed by atoms with Crippen LogP contribution in [0.25, 0.3) is 0 Å². The third kappa shape index (κ3) is 2.50. The number of hydrogen-bond acceptors (Lipinski definition) is 2. The first-order valence-corrected chi connectivity index (χ1v) is 5.15. The van der Waals surface area contributed by atoms with Gasteiger partial charge in [0.15, 0.2) is 0 Å². The van der Waals surface area contributed by atoms with Gasteiger partial charge in [-0.1, -0.05) is 11.6 Å². The largest absolute Gasteiger partial charge is 0.377 e. The fourth-order valence-corrected chi connectivity index (χ4v) is 1.51. The first-order valence-electron chi connectivity index (χ1n) is 4.77. The van der Waals surface area contributed by atoms with Crippen LogP contribution >= 0.6 is 11.6 Å². The molecule has 0 spiro atoms. The summed E-state index contributed by atoms with van der Waals surface area (Å²) in [7, 11) is 0. The first-order chi connectivity index (χ1) is 7.25. The van der Waals surface area contributed by atoms with Crippen LogP contribution in [0.2, 0.25) is 5.02 Å². The first kappa shape index (κ1) is 10.1. The molecule has 78 valence electrons. The fourth-order valence-electron chi connectivity index (χ4n) is 1.38. The lowest BCUT2D eigenvalue weighted by Crippen LogP contribution is -2.06. The van der Waals surface area contributed by atoms with Crippen molar-refractivity contribution >= 4 is 17.3 Å². The zero-order chi connectivity index (χ0) is 10.7. The molecular formula is C11H12ClN3. The molecule has 1 aromatic carbocycles. The van der Waals surface area contributed by atoms with Crippen molar-refractivity contribution in [1.82, 2.24) is 10.2 Å². The lowest BCUT2D eigenvalue weighted by molar-refractivity contribution is 0.826. The number of nitrogens with zero attached hydrogens (tertiary/aromatic N) is 1. The Morgan fingerprint density at radius 1 is 1.27 bits per heavy atom. The summed E-state index contributed by atoms with van der Waals surface area (Å²) in [4.78, 5) is 0. The Morgan fingerprint density at radius 2 is 2.00 bits per heavy atom. The summed E-state index contributed by atoms with van der Waals surface area (Å²) < 4.78 is 0. The summed E-state index contributed by atoms with van der Waals surface area (Å²) in [6.07, 6.45) is 1.75. The van der Waals surface area contributed by atoms with Gasteiger partial charge in [-0.25, -0.2) is 0 Å². The van der Waals surface area contributed by atoms with Crippen molar-refractivity contribution in [3.63, 3.8) is 0 Å². The predicted molar refractivity (Wildman–Crippen MR) is 62.1 cm³/mol. The van der Waals surface area contributed by atoms with Gasteiger partial charge in [-0.3, -0.25) is 5.10 Å². The SMILES string of the molecule is CC(Nc1ccc(Cl)cc1)c1ccn[nH]1. The highest BCUT2D eigenvalue weighted by Crippen LogP contribution is 2.19. The molecule has 2 aromatic rings. The van der Waals surface area contributed by atoms with Gasteiger partial charge < -0.3 is 5.32 Å². The number of anilines is 1. The Labute approximate surface area is 93.5 Å². The molecule has 15 heavy (non-hydrogen) atoms. The molecule has 0 saturated carbocycles. The summed E-state index contributed by atoms with van der Waals surface area (Å²) in [5.41, 5.74) is 2.10. The van der Waals surface area contributed by atoms with Crippen molar-refractivity contribution in [2.45, 2.75) is 13.0 Å². The molecule has 1 aromatic heterocycles. The molecule has 0 radical (unpaired) electrons. The van der Waals surface area contributed by atoms with Crippen molar-refractivity contribution in [2.75, 3.05) is 5.32 Å². The number of aromatic nitrogens is 2. The highest BCUT2D eigenvalue weighted by molar-refractivity contribution is 6.30. The molecular weight excluding hydrogens is 210 g/mol. The normalized spacial score (nSPS) is 12.4. The van der Waals surface area contributed by atoms with Crippen molar-refractivity contribution in [2.24, 2.45) is 0 Å². The third-order valence-electron chi connectivity index (χ3n) is 2.22. The summed E-state index contributed by atoms with van der Waals surface area (Å²) in [5, 5.41) is 10.9. The van der Waals surface area contributed by atoms with Gasteiger partial charge in [-0.15, -0.1) is 0 Å². The maximum absolute atomic E-state index is 5.80. The zero-order valence-electron chi connectivity index (χ0n) is 8.37. The van der Waals surface area contributed by atoms with E-state index in [1.807, 2.05) is 30.3 Å². The Morgan fingerprint density at radius 3 is 2.60 bits per heavy atom. The second-order valence-corrected chi connectivity index (χ2v) is 3.82. The Hall–Kier alpha value is -1.48. The number of aromatic amines is 1. The molecule has 0 bridgehead atoms. The molecule has 4 heteroatoms. The number of nitrogens with one attached hydrogen (secondary N) is 2. The van der Waals surface area contributed by atoms with E-state index in [4.69, 9.17) is 11.6 Å². The molecule has 1 heterocycles. The average Bonchev–Trinajstić information content (AvgIpc) is 2.74. The van der Waals surface area contributed by atoms with E-state index < -0.39 is 0 Å². The Balaban J connectivity index is 2.06. The topological polar surface area (TPSA) is 40.7 Å². The lowest BCUT2D eigenvalue weighted by atomic mass is 10.2. The van der Waals surface area contributed by atoms with Gasteiger partial charge in [0.2, 0.25) is 0 Å². The molecule has 0 amide bonds. The zero-order valence-corrected chi connectivity index (χ0v) is 9.12. The number of H-pyrrole nitrogens is 1. The highest BCUT2D eigenvalue weighted by atomic mass is 35.5. The lowest BCUT2D eigenvalue weighted by Gasteiger charge is -2.13.